The molecule has 2 atom stereocenters. The highest BCUT2D eigenvalue weighted by Gasteiger charge is 2.47. The first-order valence-electron chi connectivity index (χ1n) is 9.94. The first-order chi connectivity index (χ1) is 15.6. The molecule has 0 saturated heterocycles. The second-order valence-corrected chi connectivity index (χ2v) is 7.59. The van der Waals surface area contributed by atoms with Crippen LogP contribution >= 0.6 is 0 Å². The van der Waals surface area contributed by atoms with Crippen molar-refractivity contribution in [1.82, 2.24) is 15.1 Å². The first kappa shape index (κ1) is 22.7. The van der Waals surface area contributed by atoms with E-state index in [0.717, 1.165) is 12.3 Å². The fourth-order valence-electron chi connectivity index (χ4n) is 3.85. The van der Waals surface area contributed by atoms with Gasteiger partial charge in [0.05, 0.1) is 17.8 Å². The van der Waals surface area contributed by atoms with E-state index >= 15 is 0 Å². The molecule has 1 aliphatic heterocycles. The van der Waals surface area contributed by atoms with Gasteiger partial charge in [0.1, 0.15) is 11.4 Å². The predicted molar refractivity (Wildman–Crippen MR) is 107 cm³/mol. The fraction of sp³-hybridized carbons (Fsp3) is 0.273. The van der Waals surface area contributed by atoms with E-state index in [1.807, 2.05) is 0 Å². The van der Waals surface area contributed by atoms with Gasteiger partial charge in [-0.25, -0.2) is 4.68 Å². The second-order valence-electron chi connectivity index (χ2n) is 7.59. The molecule has 2 N–H and O–H groups in total. The summed E-state index contributed by atoms with van der Waals surface area (Å²) in [5, 5.41) is 9.06. The molecular formula is C22H18F6N4O. The van der Waals surface area contributed by atoms with Crippen LogP contribution in [0.5, 0.6) is 0 Å². The fourth-order valence-corrected chi connectivity index (χ4v) is 3.85. The quantitative estimate of drug-likeness (QED) is 0.498. The highest BCUT2D eigenvalue weighted by Crippen LogP contribution is 2.44. The van der Waals surface area contributed by atoms with Gasteiger partial charge in [-0.1, -0.05) is 48.5 Å². The highest BCUT2D eigenvalue weighted by atomic mass is 19.4. The predicted octanol–water partition coefficient (Wildman–Crippen LogP) is 5.49. The Morgan fingerprint density at radius 3 is 2.36 bits per heavy atom. The Morgan fingerprint density at radius 1 is 1.03 bits per heavy atom. The van der Waals surface area contributed by atoms with Crippen molar-refractivity contribution in [3.05, 3.63) is 83.0 Å². The Bertz CT molecular complexity index is 1140. The van der Waals surface area contributed by atoms with Gasteiger partial charge in [-0.15, -0.1) is 0 Å². The average molecular weight is 468 g/mol. The summed E-state index contributed by atoms with van der Waals surface area (Å²) in [6.07, 6.45) is -8.57. The summed E-state index contributed by atoms with van der Waals surface area (Å²) in [6.45, 7) is -0.454. The van der Waals surface area contributed by atoms with E-state index in [1.165, 1.54) is 18.2 Å². The summed E-state index contributed by atoms with van der Waals surface area (Å²) in [4.78, 5) is 12.7. The molecule has 0 spiro atoms. The van der Waals surface area contributed by atoms with E-state index in [9.17, 15) is 31.1 Å². The maximum atomic E-state index is 13.7. The number of halogens is 6. The number of hydrogen-bond acceptors (Lipinski definition) is 3. The number of alkyl halides is 6. The summed E-state index contributed by atoms with van der Waals surface area (Å²) in [5.41, 5.74) is -0.650. The smallest absolute Gasteiger partial charge is 0.363 e. The van der Waals surface area contributed by atoms with Crippen LogP contribution in [0.4, 0.5) is 32.2 Å². The molecule has 11 heteroatoms. The van der Waals surface area contributed by atoms with Crippen molar-refractivity contribution in [3.63, 3.8) is 0 Å². The monoisotopic (exact) mass is 468 g/mol. The van der Waals surface area contributed by atoms with E-state index in [2.05, 4.69) is 15.7 Å². The Balaban J connectivity index is 1.61. The third kappa shape index (κ3) is 4.67. The van der Waals surface area contributed by atoms with Gasteiger partial charge in [-0.05, 0) is 17.2 Å². The molecule has 2 unspecified atom stereocenters. The van der Waals surface area contributed by atoms with Crippen LogP contribution in [-0.2, 0) is 12.7 Å². The average Bonchev–Trinajstić information content (AvgIpc) is 3.20. The number of carbonyl (C=O) groups is 1. The maximum Gasteiger partial charge on any atom is 0.416 e. The number of carbonyl (C=O) groups excluding carboxylic acids is 1. The number of benzene rings is 2. The van der Waals surface area contributed by atoms with Crippen LogP contribution in [0.1, 0.15) is 45.6 Å². The van der Waals surface area contributed by atoms with E-state index in [4.69, 9.17) is 0 Å². The summed E-state index contributed by atoms with van der Waals surface area (Å²) in [6, 6.07) is 10.5. The van der Waals surface area contributed by atoms with Gasteiger partial charge in [-0.3, -0.25) is 4.79 Å². The molecular weight excluding hydrogens is 450 g/mol. The molecule has 0 saturated carbocycles. The van der Waals surface area contributed by atoms with Crippen molar-refractivity contribution in [3.8, 4) is 0 Å². The van der Waals surface area contributed by atoms with Gasteiger partial charge in [-0.2, -0.15) is 31.4 Å². The number of nitrogens with one attached hydrogen (secondary N) is 2. The third-order valence-electron chi connectivity index (χ3n) is 5.45. The normalized spacial score (nSPS) is 18.4. The molecule has 0 radical (unpaired) electrons. The standard InChI is InChI=1S/C22H18F6N4O/c23-21(24,25)16-9-5-4-8-14(16)11-29-20(33)15-12-30-32-18(22(26,27)28)10-17(31-19(15)32)13-6-2-1-3-7-13/h1-9,12,17-18,31H,10-11H2,(H,29,33). The Kier molecular flexibility index (Phi) is 5.81. The Morgan fingerprint density at radius 2 is 1.70 bits per heavy atom. The lowest BCUT2D eigenvalue weighted by Gasteiger charge is -2.34. The third-order valence-corrected chi connectivity index (χ3v) is 5.45. The maximum absolute atomic E-state index is 13.7. The van der Waals surface area contributed by atoms with Gasteiger partial charge < -0.3 is 10.6 Å². The number of amides is 1. The highest BCUT2D eigenvalue weighted by molar-refractivity contribution is 5.98. The molecule has 2 aromatic carbocycles. The zero-order chi connectivity index (χ0) is 23.8. The van der Waals surface area contributed by atoms with Crippen LogP contribution in [0, 0.1) is 0 Å². The topological polar surface area (TPSA) is 59.0 Å². The lowest BCUT2D eigenvalue weighted by atomic mass is 9.96. The van der Waals surface area contributed by atoms with Crippen LogP contribution in [0.25, 0.3) is 0 Å². The molecule has 0 fully saturated rings. The molecule has 1 aliphatic rings. The number of nitrogens with zero attached hydrogens (tertiary/aromatic N) is 2. The van der Waals surface area contributed by atoms with Crippen molar-refractivity contribution in [2.24, 2.45) is 0 Å². The van der Waals surface area contributed by atoms with Crippen LogP contribution in [0.3, 0.4) is 0 Å². The summed E-state index contributed by atoms with van der Waals surface area (Å²) >= 11 is 0. The van der Waals surface area contributed by atoms with E-state index in [1.54, 1.807) is 30.3 Å². The zero-order valence-electron chi connectivity index (χ0n) is 16.9. The second kappa shape index (κ2) is 8.45. The van der Waals surface area contributed by atoms with Crippen LogP contribution in [0.15, 0.2) is 60.8 Å². The largest absolute Gasteiger partial charge is 0.416 e. The summed E-state index contributed by atoms with van der Waals surface area (Å²) in [7, 11) is 0. The lowest BCUT2D eigenvalue weighted by molar-refractivity contribution is -0.173. The van der Waals surface area contributed by atoms with E-state index in [0.29, 0.717) is 10.2 Å². The number of rotatable bonds is 4. The number of hydrogen-bond donors (Lipinski definition) is 2. The molecule has 2 heterocycles. The van der Waals surface area contributed by atoms with E-state index < -0.39 is 42.5 Å². The van der Waals surface area contributed by atoms with Gasteiger partial charge in [0.2, 0.25) is 0 Å². The molecule has 33 heavy (non-hydrogen) atoms. The minimum absolute atomic E-state index is 0.140. The molecule has 3 aromatic rings. The number of fused-ring (bicyclic) bond motifs is 1. The van der Waals surface area contributed by atoms with Gasteiger partial charge >= 0.3 is 12.4 Å². The van der Waals surface area contributed by atoms with Gasteiger partial charge in [0.25, 0.3) is 5.91 Å². The number of aromatic nitrogens is 2. The van der Waals surface area contributed by atoms with Crippen LogP contribution in [0.2, 0.25) is 0 Å². The number of anilines is 1. The van der Waals surface area contributed by atoms with Gasteiger partial charge in [0, 0.05) is 13.0 Å². The van der Waals surface area contributed by atoms with Crippen molar-refractivity contribution in [2.75, 3.05) is 5.32 Å². The lowest BCUT2D eigenvalue weighted by Crippen LogP contribution is -2.36. The Hall–Kier alpha value is -3.50. The molecule has 5 nitrogen and oxygen atoms in total. The van der Waals surface area contributed by atoms with Gasteiger partial charge in [0.15, 0.2) is 6.04 Å². The molecule has 4 rings (SSSR count). The zero-order valence-corrected chi connectivity index (χ0v) is 16.9. The Labute approximate surface area is 184 Å². The van der Waals surface area contributed by atoms with Crippen molar-refractivity contribution in [2.45, 2.75) is 37.4 Å². The summed E-state index contributed by atoms with van der Waals surface area (Å²) < 4.78 is 81.5. The van der Waals surface area contributed by atoms with Crippen molar-refractivity contribution in [1.29, 1.82) is 0 Å². The van der Waals surface area contributed by atoms with E-state index in [-0.39, 0.29) is 23.4 Å². The van der Waals surface area contributed by atoms with Crippen molar-refractivity contribution >= 4 is 11.7 Å². The molecule has 0 bridgehead atoms. The molecule has 0 aliphatic carbocycles. The summed E-state index contributed by atoms with van der Waals surface area (Å²) in [5.74, 6) is -0.977. The first-order valence-corrected chi connectivity index (χ1v) is 9.94. The van der Waals surface area contributed by atoms with Crippen molar-refractivity contribution < 1.29 is 31.1 Å². The van der Waals surface area contributed by atoms with Crippen LogP contribution < -0.4 is 10.6 Å². The molecule has 174 valence electrons. The molecule has 1 aromatic heterocycles. The minimum Gasteiger partial charge on any atom is -0.363 e. The molecule has 1 amide bonds. The minimum atomic E-state index is -4.62. The SMILES string of the molecule is O=C(NCc1ccccc1C(F)(F)F)c1cnn2c1NC(c1ccccc1)CC2C(F)(F)F. The van der Waals surface area contributed by atoms with Crippen LogP contribution in [-0.4, -0.2) is 21.9 Å².